The van der Waals surface area contributed by atoms with Crippen LogP contribution in [0.15, 0.2) is 29.2 Å². The summed E-state index contributed by atoms with van der Waals surface area (Å²) in [7, 11) is -0.988. The number of halogens is 1. The van der Waals surface area contributed by atoms with E-state index in [1.165, 1.54) is 6.26 Å². The Bertz CT molecular complexity index is 483. The van der Waals surface area contributed by atoms with Gasteiger partial charge in [0, 0.05) is 31.9 Å². The maximum absolute atomic E-state index is 11.3. The maximum atomic E-state index is 11.3. The molecule has 0 saturated carbocycles. The standard InChI is InChI=1S/C12H18N2O2S.ClH/c1-14(11-7-13-8-11)9-10-3-5-12(6-4-10)17(2,15)16;/h3-6,11,13H,7-9H2,1-2H3;1H. The Kier molecular flexibility index (Phi) is 5.16. The lowest BCUT2D eigenvalue weighted by Gasteiger charge is -2.35. The molecule has 4 nitrogen and oxygen atoms in total. The largest absolute Gasteiger partial charge is 0.314 e. The summed E-state index contributed by atoms with van der Waals surface area (Å²) in [4.78, 5) is 2.67. The minimum Gasteiger partial charge on any atom is -0.314 e. The summed E-state index contributed by atoms with van der Waals surface area (Å²) in [5, 5.41) is 3.24. The van der Waals surface area contributed by atoms with Crippen LogP contribution >= 0.6 is 12.4 Å². The molecule has 0 atom stereocenters. The summed E-state index contributed by atoms with van der Waals surface area (Å²) in [6.45, 7) is 2.94. The van der Waals surface area contributed by atoms with E-state index < -0.39 is 9.84 Å². The smallest absolute Gasteiger partial charge is 0.175 e. The Morgan fingerprint density at radius 3 is 2.22 bits per heavy atom. The number of hydrogen-bond donors (Lipinski definition) is 1. The summed E-state index contributed by atoms with van der Waals surface area (Å²) in [5.74, 6) is 0. The number of nitrogens with one attached hydrogen (secondary N) is 1. The van der Waals surface area contributed by atoms with Crippen molar-refractivity contribution in [1.29, 1.82) is 0 Å². The van der Waals surface area contributed by atoms with Crippen LogP contribution in [0.5, 0.6) is 0 Å². The molecule has 0 unspecified atom stereocenters. The maximum Gasteiger partial charge on any atom is 0.175 e. The van der Waals surface area contributed by atoms with E-state index in [0.29, 0.717) is 10.9 Å². The van der Waals surface area contributed by atoms with E-state index in [2.05, 4.69) is 17.3 Å². The number of nitrogens with zero attached hydrogens (tertiary/aromatic N) is 1. The topological polar surface area (TPSA) is 49.4 Å². The molecular formula is C12H19ClN2O2S. The first kappa shape index (κ1) is 15.4. The van der Waals surface area contributed by atoms with Crippen molar-refractivity contribution in [1.82, 2.24) is 10.2 Å². The van der Waals surface area contributed by atoms with Gasteiger partial charge in [-0.25, -0.2) is 8.42 Å². The Morgan fingerprint density at radius 2 is 1.83 bits per heavy atom. The quantitative estimate of drug-likeness (QED) is 0.896. The van der Waals surface area contributed by atoms with Gasteiger partial charge in [-0.1, -0.05) is 12.1 Å². The molecule has 1 aromatic rings. The zero-order chi connectivity index (χ0) is 12.5. The van der Waals surface area contributed by atoms with Gasteiger partial charge in [0.15, 0.2) is 9.84 Å². The second-order valence-corrected chi connectivity index (χ2v) is 6.66. The van der Waals surface area contributed by atoms with Crippen LogP contribution in [0, 0.1) is 0 Å². The van der Waals surface area contributed by atoms with Gasteiger partial charge in [0.05, 0.1) is 4.90 Å². The zero-order valence-electron chi connectivity index (χ0n) is 10.6. The van der Waals surface area contributed by atoms with Crippen molar-refractivity contribution >= 4 is 22.2 Å². The van der Waals surface area contributed by atoms with Gasteiger partial charge in [-0.3, -0.25) is 4.90 Å². The molecule has 1 heterocycles. The third-order valence-corrected chi connectivity index (χ3v) is 4.30. The van der Waals surface area contributed by atoms with Crippen molar-refractivity contribution in [2.45, 2.75) is 17.5 Å². The normalized spacial score (nSPS) is 16.2. The van der Waals surface area contributed by atoms with Gasteiger partial charge < -0.3 is 5.32 Å². The second kappa shape index (κ2) is 6.02. The number of benzene rings is 1. The minimum atomic E-state index is -3.08. The fourth-order valence-corrected chi connectivity index (χ4v) is 2.47. The highest BCUT2D eigenvalue weighted by Gasteiger charge is 2.21. The average molecular weight is 291 g/mol. The molecular weight excluding hydrogens is 272 g/mol. The summed E-state index contributed by atoms with van der Waals surface area (Å²) in [6.07, 6.45) is 1.23. The van der Waals surface area contributed by atoms with E-state index >= 15 is 0 Å². The molecule has 0 bridgehead atoms. The fourth-order valence-electron chi connectivity index (χ4n) is 1.84. The van der Waals surface area contributed by atoms with Crippen LogP contribution in [0.4, 0.5) is 0 Å². The highest BCUT2D eigenvalue weighted by Crippen LogP contribution is 2.13. The molecule has 0 radical (unpaired) electrons. The molecule has 102 valence electrons. The van der Waals surface area contributed by atoms with Gasteiger partial charge >= 0.3 is 0 Å². The third-order valence-electron chi connectivity index (χ3n) is 3.17. The van der Waals surface area contributed by atoms with Gasteiger partial charge in [-0.05, 0) is 24.7 Å². The number of hydrogen-bond acceptors (Lipinski definition) is 4. The molecule has 0 aliphatic carbocycles. The molecule has 1 aliphatic rings. The molecule has 1 aromatic carbocycles. The first-order valence-corrected chi connectivity index (χ1v) is 7.56. The second-order valence-electron chi connectivity index (χ2n) is 4.64. The van der Waals surface area contributed by atoms with E-state index in [9.17, 15) is 8.42 Å². The highest BCUT2D eigenvalue weighted by molar-refractivity contribution is 7.90. The van der Waals surface area contributed by atoms with Crippen molar-refractivity contribution in [3.63, 3.8) is 0 Å². The molecule has 1 saturated heterocycles. The first-order chi connectivity index (χ1) is 7.97. The van der Waals surface area contributed by atoms with E-state index in [-0.39, 0.29) is 12.4 Å². The highest BCUT2D eigenvalue weighted by atomic mass is 35.5. The van der Waals surface area contributed by atoms with Gasteiger partial charge in [0.25, 0.3) is 0 Å². The SMILES string of the molecule is CN(Cc1ccc(S(C)(=O)=O)cc1)C1CNC1.Cl. The van der Waals surface area contributed by atoms with Crippen molar-refractivity contribution in [3.05, 3.63) is 29.8 Å². The van der Waals surface area contributed by atoms with Crippen molar-refractivity contribution < 1.29 is 8.42 Å². The third kappa shape index (κ3) is 3.68. The monoisotopic (exact) mass is 290 g/mol. The number of rotatable bonds is 4. The van der Waals surface area contributed by atoms with Gasteiger partial charge in [-0.2, -0.15) is 0 Å². The molecule has 6 heteroatoms. The van der Waals surface area contributed by atoms with E-state index in [0.717, 1.165) is 25.2 Å². The predicted octanol–water partition coefficient (Wildman–Crippen LogP) is 0.915. The summed E-state index contributed by atoms with van der Waals surface area (Å²) < 4.78 is 22.6. The van der Waals surface area contributed by atoms with Crippen LogP contribution in [0.1, 0.15) is 5.56 Å². The molecule has 1 fully saturated rings. The average Bonchev–Trinajstić information content (AvgIpc) is 2.13. The molecule has 0 aromatic heterocycles. The lowest BCUT2D eigenvalue weighted by atomic mass is 10.1. The van der Waals surface area contributed by atoms with Crippen LogP contribution in [0.2, 0.25) is 0 Å². The summed E-state index contributed by atoms with van der Waals surface area (Å²) >= 11 is 0. The molecule has 1 aliphatic heterocycles. The predicted molar refractivity (Wildman–Crippen MR) is 74.9 cm³/mol. The first-order valence-electron chi connectivity index (χ1n) is 5.67. The Balaban J connectivity index is 0.00000162. The molecule has 2 rings (SSSR count). The van der Waals surface area contributed by atoms with Gasteiger partial charge in [0.1, 0.15) is 0 Å². The lowest BCUT2D eigenvalue weighted by Crippen LogP contribution is -2.55. The molecule has 1 N–H and O–H groups in total. The molecule has 18 heavy (non-hydrogen) atoms. The van der Waals surface area contributed by atoms with Gasteiger partial charge in [0.2, 0.25) is 0 Å². The van der Waals surface area contributed by atoms with Crippen molar-refractivity contribution in [3.8, 4) is 0 Å². The van der Waals surface area contributed by atoms with Crippen molar-refractivity contribution in [2.24, 2.45) is 0 Å². The van der Waals surface area contributed by atoms with E-state index in [1.54, 1.807) is 12.1 Å². The number of sulfone groups is 1. The van der Waals surface area contributed by atoms with Crippen LogP contribution in [0.3, 0.4) is 0 Å². The summed E-state index contributed by atoms with van der Waals surface area (Å²) in [5.41, 5.74) is 1.15. The van der Waals surface area contributed by atoms with Crippen LogP contribution < -0.4 is 5.32 Å². The Hall–Kier alpha value is -0.620. The van der Waals surface area contributed by atoms with E-state index in [4.69, 9.17) is 0 Å². The molecule has 0 spiro atoms. The van der Waals surface area contributed by atoms with Crippen LogP contribution in [-0.2, 0) is 16.4 Å². The fraction of sp³-hybridized carbons (Fsp3) is 0.500. The zero-order valence-corrected chi connectivity index (χ0v) is 12.2. The number of likely N-dealkylation sites (N-methyl/N-ethyl adjacent to an activating group) is 1. The van der Waals surface area contributed by atoms with E-state index in [1.807, 2.05) is 12.1 Å². The van der Waals surface area contributed by atoms with Crippen LogP contribution in [0.25, 0.3) is 0 Å². The molecule has 0 amide bonds. The van der Waals surface area contributed by atoms with Crippen LogP contribution in [-0.4, -0.2) is 45.8 Å². The lowest BCUT2D eigenvalue weighted by molar-refractivity contribution is 0.173. The summed E-state index contributed by atoms with van der Waals surface area (Å²) in [6, 6.07) is 7.73. The minimum absolute atomic E-state index is 0. The Labute approximate surface area is 115 Å². The van der Waals surface area contributed by atoms with Gasteiger partial charge in [-0.15, -0.1) is 12.4 Å². The Morgan fingerprint density at radius 1 is 1.28 bits per heavy atom. The van der Waals surface area contributed by atoms with Crippen molar-refractivity contribution in [2.75, 3.05) is 26.4 Å².